The quantitative estimate of drug-likeness (QED) is 0.276. The Kier molecular flexibility index (Phi) is 8.71. The molecule has 5 rings (SSSR count). The number of aliphatic hydroxyl groups is 1. The number of aliphatic hydroxyl groups excluding tert-OH is 1. The summed E-state index contributed by atoms with van der Waals surface area (Å²) in [7, 11) is 1.28. The number of nitrogens with one attached hydrogen (secondary N) is 1. The molecule has 0 saturated carbocycles. The molecule has 40 heavy (non-hydrogen) atoms. The Morgan fingerprint density at radius 1 is 1.15 bits per heavy atom. The van der Waals surface area contributed by atoms with Crippen LogP contribution in [0.25, 0.3) is 22.5 Å². The molecule has 4 N–H and O–H groups in total. The molecule has 1 fully saturated rings. The van der Waals surface area contributed by atoms with Crippen LogP contribution in [0.15, 0.2) is 49.1 Å². The molecule has 15 heteroatoms. The lowest BCUT2D eigenvalue weighted by Gasteiger charge is -2.36. The maximum absolute atomic E-state index is 14.6. The number of ether oxygens (including phenoxy) is 1. The van der Waals surface area contributed by atoms with Crippen LogP contribution >= 0.6 is 12.4 Å². The first-order valence-corrected chi connectivity index (χ1v) is 11.9. The lowest BCUT2D eigenvalue weighted by molar-refractivity contribution is 0.0566. The second-order valence-electron chi connectivity index (χ2n) is 8.89. The molecule has 1 aliphatic heterocycles. The molecule has 0 unspecified atom stereocenters. The maximum atomic E-state index is 14.6. The van der Waals surface area contributed by atoms with Crippen LogP contribution in [0.4, 0.5) is 34.9 Å². The molecule has 0 radical (unpaired) electrons. The van der Waals surface area contributed by atoms with Gasteiger partial charge in [0.05, 0.1) is 25.0 Å². The monoisotopic (exact) mass is 580 g/mol. The van der Waals surface area contributed by atoms with Gasteiger partial charge in [0.1, 0.15) is 29.0 Å². The summed E-state index contributed by atoms with van der Waals surface area (Å²) in [5.41, 5.74) is 7.58. The van der Waals surface area contributed by atoms with Gasteiger partial charge in [0.2, 0.25) is 0 Å². The van der Waals surface area contributed by atoms with Gasteiger partial charge in [-0.2, -0.15) is 13.9 Å². The number of pyridine rings is 1. The Hall–Kier alpha value is -4.01. The number of nitrogens with zero attached hydrogens (tertiary/aromatic N) is 6. The van der Waals surface area contributed by atoms with Crippen molar-refractivity contribution in [1.82, 2.24) is 24.7 Å². The van der Waals surface area contributed by atoms with Crippen molar-refractivity contribution in [3.63, 3.8) is 0 Å². The zero-order valence-corrected chi connectivity index (χ0v) is 21.8. The van der Waals surface area contributed by atoms with E-state index in [2.05, 4.69) is 25.4 Å². The number of aromatic nitrogens is 5. The van der Waals surface area contributed by atoms with Crippen LogP contribution in [0.1, 0.15) is 13.0 Å². The molecule has 1 aliphatic rings. The highest BCUT2D eigenvalue weighted by atomic mass is 35.5. The summed E-state index contributed by atoms with van der Waals surface area (Å²) in [6, 6.07) is 4.46. The number of methoxy groups -OCH3 is 1. The van der Waals surface area contributed by atoms with Crippen LogP contribution in [0.3, 0.4) is 0 Å². The predicted molar refractivity (Wildman–Crippen MR) is 142 cm³/mol. The molecule has 4 heterocycles. The third-order valence-electron chi connectivity index (χ3n) is 6.33. The average molecular weight is 581 g/mol. The van der Waals surface area contributed by atoms with Crippen molar-refractivity contribution >= 4 is 29.7 Å². The number of halogens is 5. The van der Waals surface area contributed by atoms with Gasteiger partial charge in [-0.15, -0.1) is 12.4 Å². The molecular weight excluding hydrogens is 556 g/mol. The van der Waals surface area contributed by atoms with Gasteiger partial charge < -0.3 is 25.8 Å². The Morgan fingerprint density at radius 3 is 2.65 bits per heavy atom. The fourth-order valence-corrected chi connectivity index (χ4v) is 4.38. The normalized spacial score (nSPS) is 17.1. The van der Waals surface area contributed by atoms with Crippen LogP contribution in [-0.4, -0.2) is 62.2 Å². The topological polar surface area (TPSA) is 127 Å². The number of anilines is 3. The van der Waals surface area contributed by atoms with Gasteiger partial charge in [-0.25, -0.2) is 28.4 Å². The van der Waals surface area contributed by atoms with Crippen LogP contribution in [0, 0.1) is 11.6 Å². The van der Waals surface area contributed by atoms with E-state index in [1.165, 1.54) is 38.0 Å². The van der Waals surface area contributed by atoms with E-state index >= 15 is 0 Å². The van der Waals surface area contributed by atoms with Gasteiger partial charge >= 0.3 is 6.55 Å². The molecular formula is C25H25ClF4N8O2. The predicted octanol–water partition coefficient (Wildman–Crippen LogP) is 4.15. The highest BCUT2D eigenvalue weighted by molar-refractivity contribution is 5.85. The minimum absolute atomic E-state index is 0. The van der Waals surface area contributed by atoms with Crippen LogP contribution in [0.5, 0.6) is 5.75 Å². The van der Waals surface area contributed by atoms with Crippen molar-refractivity contribution in [2.75, 3.05) is 30.4 Å². The number of hydrogen-bond donors (Lipinski definition) is 3. The first kappa shape index (κ1) is 29.0. The smallest absolute Gasteiger partial charge is 0.333 e. The van der Waals surface area contributed by atoms with E-state index in [-0.39, 0.29) is 35.4 Å². The third kappa shape index (κ3) is 5.93. The molecule has 0 aliphatic carbocycles. The molecule has 3 aromatic heterocycles. The van der Waals surface area contributed by atoms with Gasteiger partial charge in [0.15, 0.2) is 5.82 Å². The number of benzene rings is 1. The summed E-state index contributed by atoms with van der Waals surface area (Å²) in [5, 5.41) is 16.8. The van der Waals surface area contributed by atoms with Gasteiger partial charge in [-0.3, -0.25) is 0 Å². The molecule has 212 valence electrons. The van der Waals surface area contributed by atoms with E-state index in [1.54, 1.807) is 6.07 Å². The lowest BCUT2D eigenvalue weighted by atomic mass is 10.0. The summed E-state index contributed by atoms with van der Waals surface area (Å²) in [5.74, 6) is -1.20. The second kappa shape index (κ2) is 12.0. The SMILES string of the molecule is COc1cc(F)cc(F)c1-c1nccc(Nc2cc(N3CC[C@@H](O)[C@H](N)C3)c(-c3cnn(C(F)F)c3)cn2)n1.Cl. The number of piperidine rings is 1. The van der Waals surface area contributed by atoms with Gasteiger partial charge in [-0.1, -0.05) is 0 Å². The minimum atomic E-state index is -2.80. The lowest BCUT2D eigenvalue weighted by Crippen LogP contribution is -2.51. The van der Waals surface area contributed by atoms with Crippen LogP contribution in [0.2, 0.25) is 0 Å². The number of rotatable bonds is 7. The molecule has 0 spiro atoms. The Labute approximate surface area is 232 Å². The first-order chi connectivity index (χ1) is 18.7. The maximum Gasteiger partial charge on any atom is 0.333 e. The Morgan fingerprint density at radius 2 is 1.95 bits per heavy atom. The van der Waals surface area contributed by atoms with E-state index in [0.717, 1.165) is 6.07 Å². The van der Waals surface area contributed by atoms with Crippen molar-refractivity contribution in [2.45, 2.75) is 25.1 Å². The molecule has 1 aromatic carbocycles. The second-order valence-corrected chi connectivity index (χ2v) is 8.89. The summed E-state index contributed by atoms with van der Waals surface area (Å²) in [4.78, 5) is 14.8. The van der Waals surface area contributed by atoms with Crippen molar-refractivity contribution in [3.05, 3.63) is 60.7 Å². The fourth-order valence-electron chi connectivity index (χ4n) is 4.38. The summed E-state index contributed by atoms with van der Waals surface area (Å²) < 4.78 is 60.2. The summed E-state index contributed by atoms with van der Waals surface area (Å²) >= 11 is 0. The van der Waals surface area contributed by atoms with Crippen LogP contribution in [-0.2, 0) is 0 Å². The van der Waals surface area contributed by atoms with E-state index in [1.807, 2.05) is 4.90 Å². The summed E-state index contributed by atoms with van der Waals surface area (Å²) in [6.07, 6.45) is 5.20. The van der Waals surface area contributed by atoms with Crippen molar-refractivity contribution < 1.29 is 27.4 Å². The zero-order valence-electron chi connectivity index (χ0n) is 21.0. The molecule has 1 saturated heterocycles. The minimum Gasteiger partial charge on any atom is -0.496 e. The summed E-state index contributed by atoms with van der Waals surface area (Å²) in [6.45, 7) is -2.01. The standard InChI is InChI=1S/C25H24F4N8O2.ClH/c1-39-20-7-14(26)6-16(27)23(20)24-31-4-2-21(35-24)34-22-8-18(36-5-3-19(38)17(30)12-36)15(10-32-22)13-9-33-37(11-13)25(28)29;/h2,4,6-11,17,19,25,38H,3,5,12,30H2,1H3,(H,31,32,34,35);1H/t17-,19-;/m1./s1. The van der Waals surface area contributed by atoms with Crippen LogP contribution < -0.4 is 20.7 Å². The number of nitrogens with two attached hydrogens (primary N) is 1. The molecule has 10 nitrogen and oxygen atoms in total. The highest BCUT2D eigenvalue weighted by Crippen LogP contribution is 2.35. The van der Waals surface area contributed by atoms with Gasteiger partial charge in [0.25, 0.3) is 0 Å². The zero-order chi connectivity index (χ0) is 27.7. The molecule has 2 atom stereocenters. The van der Waals surface area contributed by atoms with E-state index in [9.17, 15) is 22.7 Å². The largest absolute Gasteiger partial charge is 0.496 e. The van der Waals surface area contributed by atoms with Gasteiger partial charge in [0, 0.05) is 72.7 Å². The number of alkyl halides is 2. The van der Waals surface area contributed by atoms with Crippen molar-refractivity contribution in [1.29, 1.82) is 0 Å². The van der Waals surface area contributed by atoms with E-state index in [0.29, 0.717) is 52.9 Å². The third-order valence-corrected chi connectivity index (χ3v) is 6.33. The number of hydrogen-bond acceptors (Lipinski definition) is 9. The van der Waals surface area contributed by atoms with E-state index < -0.39 is 30.3 Å². The highest BCUT2D eigenvalue weighted by Gasteiger charge is 2.27. The fraction of sp³-hybridized carbons (Fsp3) is 0.280. The van der Waals surface area contributed by atoms with Crippen molar-refractivity contribution in [3.8, 4) is 28.3 Å². The van der Waals surface area contributed by atoms with Gasteiger partial charge in [-0.05, 0) is 12.5 Å². The molecule has 0 bridgehead atoms. The average Bonchev–Trinajstić information content (AvgIpc) is 3.40. The Bertz CT molecular complexity index is 1490. The molecule has 0 amide bonds. The molecule has 4 aromatic rings. The van der Waals surface area contributed by atoms with E-state index in [4.69, 9.17) is 10.5 Å². The Balaban J connectivity index is 0.00000370. The first-order valence-electron chi connectivity index (χ1n) is 11.9. The van der Waals surface area contributed by atoms with Crippen molar-refractivity contribution in [2.24, 2.45) is 5.73 Å².